The molecule has 152 valence electrons. The molecule has 1 aromatic heterocycles. The second-order valence-electron chi connectivity index (χ2n) is 7.63. The van der Waals surface area contributed by atoms with Gasteiger partial charge in [-0.3, -0.25) is 9.59 Å². The third kappa shape index (κ3) is 4.37. The van der Waals surface area contributed by atoms with Crippen molar-refractivity contribution in [2.24, 2.45) is 5.92 Å². The number of rotatable bonds is 4. The first kappa shape index (κ1) is 19.7. The predicted octanol–water partition coefficient (Wildman–Crippen LogP) is 4.19. The molecule has 2 fully saturated rings. The molecule has 2 aliphatic rings. The van der Waals surface area contributed by atoms with E-state index in [9.17, 15) is 14.0 Å². The van der Waals surface area contributed by atoms with Gasteiger partial charge in [-0.1, -0.05) is 18.5 Å². The van der Waals surface area contributed by atoms with Crippen molar-refractivity contribution in [3.05, 3.63) is 64.3 Å². The number of nitrogens with zero attached hydrogens (tertiary/aromatic N) is 2. The Labute approximate surface area is 173 Å². The van der Waals surface area contributed by atoms with Crippen LogP contribution in [-0.2, 0) is 4.79 Å². The molecule has 5 nitrogen and oxygen atoms in total. The van der Waals surface area contributed by atoms with Crippen molar-refractivity contribution in [2.45, 2.75) is 19.3 Å². The number of hydrogen-bond donors (Lipinski definition) is 0. The lowest BCUT2D eigenvalue weighted by Crippen LogP contribution is -2.50. The third-order valence-corrected chi connectivity index (χ3v) is 5.87. The lowest BCUT2D eigenvalue weighted by atomic mass is 10.1. The summed E-state index contributed by atoms with van der Waals surface area (Å²) < 4.78 is 19.0. The van der Waals surface area contributed by atoms with Gasteiger partial charge in [0.25, 0.3) is 5.91 Å². The van der Waals surface area contributed by atoms with Crippen LogP contribution in [0.3, 0.4) is 0 Å². The Morgan fingerprint density at radius 2 is 1.83 bits per heavy atom. The molecule has 2 aromatic rings. The molecule has 7 heteroatoms. The molecule has 2 atom stereocenters. The predicted molar refractivity (Wildman–Crippen MR) is 108 cm³/mol. The van der Waals surface area contributed by atoms with Crippen molar-refractivity contribution >= 4 is 29.5 Å². The highest BCUT2D eigenvalue weighted by atomic mass is 35.5. The number of carbonyl (C=O) groups excluding carboxylic acids is 2. The molecule has 1 saturated heterocycles. The van der Waals surface area contributed by atoms with Gasteiger partial charge in [-0.25, -0.2) is 4.39 Å². The summed E-state index contributed by atoms with van der Waals surface area (Å²) in [5, 5.41) is 0.0925. The molecular formula is C22H22ClFN2O3. The monoisotopic (exact) mass is 416 g/mol. The molecule has 1 aromatic carbocycles. The first-order valence-corrected chi connectivity index (χ1v) is 10.1. The molecular weight excluding hydrogens is 395 g/mol. The van der Waals surface area contributed by atoms with E-state index >= 15 is 0 Å². The zero-order valence-corrected chi connectivity index (χ0v) is 16.9. The summed E-state index contributed by atoms with van der Waals surface area (Å²) in [4.78, 5) is 28.4. The standard InChI is InChI=1S/C22H22ClFN2O3/c1-14-12-18(14)20-6-3-16(29-20)4-7-21(27)25-8-10-26(11-9-25)22(28)17-5-2-15(24)13-19(17)23/h2-7,13-14,18H,8-12H2,1H3/b7-4+. The Bertz CT molecular complexity index is 963. The van der Waals surface area contributed by atoms with E-state index in [1.165, 1.54) is 18.2 Å². The van der Waals surface area contributed by atoms with Crippen molar-refractivity contribution in [2.75, 3.05) is 26.2 Å². The van der Waals surface area contributed by atoms with E-state index in [0.717, 1.165) is 18.2 Å². The van der Waals surface area contributed by atoms with Gasteiger partial charge in [-0.05, 0) is 48.7 Å². The van der Waals surface area contributed by atoms with Crippen LogP contribution in [-0.4, -0.2) is 47.8 Å². The fourth-order valence-corrected chi connectivity index (χ4v) is 3.85. The highest BCUT2D eigenvalue weighted by molar-refractivity contribution is 6.33. The molecule has 1 aliphatic carbocycles. The molecule has 0 N–H and O–H groups in total. The van der Waals surface area contributed by atoms with Gasteiger partial charge >= 0.3 is 0 Å². The summed E-state index contributed by atoms with van der Waals surface area (Å²) in [6, 6.07) is 7.59. The van der Waals surface area contributed by atoms with Crippen molar-refractivity contribution in [3.8, 4) is 0 Å². The minimum Gasteiger partial charge on any atom is -0.461 e. The summed E-state index contributed by atoms with van der Waals surface area (Å²) in [6.07, 6.45) is 4.35. The summed E-state index contributed by atoms with van der Waals surface area (Å²) in [7, 11) is 0. The molecule has 4 rings (SSSR count). The van der Waals surface area contributed by atoms with E-state index in [1.54, 1.807) is 15.9 Å². The zero-order chi connectivity index (χ0) is 20.5. The molecule has 2 heterocycles. The van der Waals surface area contributed by atoms with E-state index in [1.807, 2.05) is 12.1 Å². The van der Waals surface area contributed by atoms with Crippen LogP contribution >= 0.6 is 11.6 Å². The first-order valence-electron chi connectivity index (χ1n) is 9.73. The molecule has 0 spiro atoms. The van der Waals surface area contributed by atoms with Crippen LogP contribution in [0.25, 0.3) is 6.08 Å². The summed E-state index contributed by atoms with van der Waals surface area (Å²) in [6.45, 7) is 3.85. The van der Waals surface area contributed by atoms with Crippen molar-refractivity contribution in [1.29, 1.82) is 0 Å². The van der Waals surface area contributed by atoms with E-state index in [4.69, 9.17) is 16.0 Å². The van der Waals surface area contributed by atoms with Gasteiger partial charge in [0, 0.05) is 38.2 Å². The second kappa shape index (κ2) is 8.03. The molecule has 2 amide bonds. The van der Waals surface area contributed by atoms with E-state index < -0.39 is 5.82 Å². The van der Waals surface area contributed by atoms with Crippen LogP contribution < -0.4 is 0 Å². The van der Waals surface area contributed by atoms with E-state index in [-0.39, 0.29) is 22.4 Å². The average molecular weight is 417 g/mol. The number of amides is 2. The Morgan fingerprint density at radius 1 is 1.14 bits per heavy atom. The van der Waals surface area contributed by atoms with Gasteiger partial charge in [0.15, 0.2) is 0 Å². The van der Waals surface area contributed by atoms with E-state index in [0.29, 0.717) is 43.8 Å². The lowest BCUT2D eigenvalue weighted by molar-refractivity contribution is -0.127. The number of benzene rings is 1. The molecule has 0 radical (unpaired) electrons. The third-order valence-electron chi connectivity index (χ3n) is 5.55. The normalized spacial score (nSPS) is 21.6. The van der Waals surface area contributed by atoms with E-state index in [2.05, 4.69) is 6.92 Å². The number of piperazine rings is 1. The Balaban J connectivity index is 1.31. The Hall–Kier alpha value is -2.60. The molecule has 29 heavy (non-hydrogen) atoms. The van der Waals surface area contributed by atoms with Crippen LogP contribution in [0.5, 0.6) is 0 Å². The second-order valence-corrected chi connectivity index (χ2v) is 8.04. The summed E-state index contributed by atoms with van der Waals surface area (Å²) >= 11 is 5.99. The Morgan fingerprint density at radius 3 is 2.48 bits per heavy atom. The van der Waals surface area contributed by atoms with Crippen molar-refractivity contribution in [3.63, 3.8) is 0 Å². The quantitative estimate of drug-likeness (QED) is 0.702. The first-order chi connectivity index (χ1) is 13.9. The van der Waals surface area contributed by atoms with Gasteiger partial charge < -0.3 is 14.2 Å². The highest BCUT2D eigenvalue weighted by Crippen LogP contribution is 2.47. The van der Waals surface area contributed by atoms with Crippen molar-refractivity contribution < 1.29 is 18.4 Å². The zero-order valence-electron chi connectivity index (χ0n) is 16.1. The minimum absolute atomic E-state index is 0.0925. The largest absolute Gasteiger partial charge is 0.461 e. The molecule has 1 saturated carbocycles. The number of carbonyl (C=O) groups is 2. The summed E-state index contributed by atoms with van der Waals surface area (Å²) in [5.41, 5.74) is 0.270. The summed E-state index contributed by atoms with van der Waals surface area (Å²) in [5.74, 6) is 1.98. The lowest BCUT2D eigenvalue weighted by Gasteiger charge is -2.34. The van der Waals surface area contributed by atoms with Crippen LogP contribution in [0.15, 0.2) is 40.8 Å². The van der Waals surface area contributed by atoms with Crippen LogP contribution in [0.4, 0.5) is 4.39 Å². The van der Waals surface area contributed by atoms with Crippen molar-refractivity contribution in [1.82, 2.24) is 9.80 Å². The Kier molecular flexibility index (Phi) is 5.46. The van der Waals surface area contributed by atoms with Gasteiger partial charge in [-0.15, -0.1) is 0 Å². The SMILES string of the molecule is CC1CC1c1ccc(/C=C/C(=O)N2CCN(C(=O)c3ccc(F)cc3Cl)CC2)o1. The van der Waals surface area contributed by atoms with Crippen LogP contribution in [0.2, 0.25) is 5.02 Å². The maximum atomic E-state index is 13.2. The van der Waals surface area contributed by atoms with Gasteiger partial charge in [0.2, 0.25) is 5.91 Å². The van der Waals surface area contributed by atoms with Crippen LogP contribution in [0, 0.1) is 11.7 Å². The fraction of sp³-hybridized carbons (Fsp3) is 0.364. The highest BCUT2D eigenvalue weighted by Gasteiger charge is 2.36. The molecule has 0 bridgehead atoms. The van der Waals surface area contributed by atoms with Gasteiger partial charge in [-0.2, -0.15) is 0 Å². The maximum Gasteiger partial charge on any atom is 0.255 e. The molecule has 1 aliphatic heterocycles. The smallest absolute Gasteiger partial charge is 0.255 e. The maximum absolute atomic E-state index is 13.2. The average Bonchev–Trinajstić information content (AvgIpc) is 3.25. The fourth-order valence-electron chi connectivity index (χ4n) is 3.60. The topological polar surface area (TPSA) is 53.8 Å². The number of hydrogen-bond acceptors (Lipinski definition) is 3. The van der Waals surface area contributed by atoms with Crippen LogP contribution in [0.1, 0.15) is 41.1 Å². The van der Waals surface area contributed by atoms with Gasteiger partial charge in [0.05, 0.1) is 10.6 Å². The number of furan rings is 1. The minimum atomic E-state index is -0.482. The molecule has 2 unspecified atom stereocenters. The van der Waals surface area contributed by atoms with Gasteiger partial charge in [0.1, 0.15) is 17.3 Å². The number of halogens is 2.